The van der Waals surface area contributed by atoms with Gasteiger partial charge in [-0.3, -0.25) is 0 Å². The first-order valence-corrected chi connectivity index (χ1v) is 6.48. The van der Waals surface area contributed by atoms with Crippen LogP contribution in [0.3, 0.4) is 0 Å². The molecular formula is C16H12ClFO3. The van der Waals surface area contributed by atoms with Crippen LogP contribution in [0.1, 0.15) is 11.1 Å². The normalized spacial score (nSPS) is 10.8. The number of carboxylic acid groups (broad SMARTS) is 1. The van der Waals surface area contributed by atoms with E-state index in [-0.39, 0.29) is 0 Å². The number of aryl methyl sites for hydroxylation is 1. The summed E-state index contributed by atoms with van der Waals surface area (Å²) in [4.78, 5) is 10.6. The highest BCUT2D eigenvalue weighted by Crippen LogP contribution is 2.30. The Morgan fingerprint density at radius 1 is 1.24 bits per heavy atom. The van der Waals surface area contributed by atoms with Crippen molar-refractivity contribution < 1.29 is 19.0 Å². The van der Waals surface area contributed by atoms with Crippen LogP contribution in [-0.4, -0.2) is 11.1 Å². The van der Waals surface area contributed by atoms with E-state index in [1.54, 1.807) is 18.2 Å². The number of carbonyl (C=O) groups is 1. The molecule has 0 unspecified atom stereocenters. The lowest BCUT2D eigenvalue weighted by Gasteiger charge is -2.11. The van der Waals surface area contributed by atoms with Crippen LogP contribution in [0.15, 0.2) is 42.5 Å². The summed E-state index contributed by atoms with van der Waals surface area (Å²) in [5.74, 6) is -0.664. The molecule has 2 aromatic carbocycles. The number of ether oxygens (including phenoxy) is 1. The molecule has 0 aliphatic rings. The van der Waals surface area contributed by atoms with Crippen LogP contribution in [0.5, 0.6) is 11.5 Å². The Hall–Kier alpha value is -2.33. The van der Waals surface area contributed by atoms with Crippen LogP contribution >= 0.6 is 11.6 Å². The number of benzene rings is 2. The Morgan fingerprint density at radius 3 is 2.62 bits per heavy atom. The van der Waals surface area contributed by atoms with Crippen molar-refractivity contribution >= 4 is 23.6 Å². The van der Waals surface area contributed by atoms with Gasteiger partial charge < -0.3 is 9.84 Å². The number of hydrogen-bond acceptors (Lipinski definition) is 2. The molecule has 0 aliphatic carbocycles. The number of aliphatic carboxylic acids is 1. The minimum Gasteiger partial charge on any atom is -0.478 e. The maximum absolute atomic E-state index is 13.3. The van der Waals surface area contributed by atoms with Crippen molar-refractivity contribution in [3.05, 3.63) is 64.4 Å². The van der Waals surface area contributed by atoms with Gasteiger partial charge in [0.2, 0.25) is 0 Å². The minimum atomic E-state index is -1.12. The summed E-state index contributed by atoms with van der Waals surface area (Å²) >= 11 is 5.87. The third kappa shape index (κ3) is 4.07. The summed E-state index contributed by atoms with van der Waals surface area (Å²) < 4.78 is 19.0. The standard InChI is InChI=1S/C16H12ClFO3/c1-10-8-12(17)3-5-14(10)21-15-6-4-13(18)9-11(15)2-7-16(19)20/h2-9H,1H3,(H,19,20)/b7-2+. The molecular weight excluding hydrogens is 295 g/mol. The topological polar surface area (TPSA) is 46.5 Å². The molecule has 0 atom stereocenters. The molecule has 0 aliphatic heterocycles. The number of rotatable bonds is 4. The van der Waals surface area contributed by atoms with E-state index in [1.165, 1.54) is 24.3 Å². The summed E-state index contributed by atoms with van der Waals surface area (Å²) in [7, 11) is 0. The molecule has 0 amide bonds. The fourth-order valence-corrected chi connectivity index (χ4v) is 1.98. The van der Waals surface area contributed by atoms with Crippen LogP contribution in [0.2, 0.25) is 5.02 Å². The zero-order valence-corrected chi connectivity index (χ0v) is 11.9. The highest BCUT2D eigenvalue weighted by Gasteiger charge is 2.07. The second kappa shape index (κ2) is 6.41. The van der Waals surface area contributed by atoms with Crippen molar-refractivity contribution in [2.45, 2.75) is 6.92 Å². The van der Waals surface area contributed by atoms with Gasteiger partial charge in [-0.25, -0.2) is 9.18 Å². The van der Waals surface area contributed by atoms with Crippen molar-refractivity contribution in [3.8, 4) is 11.5 Å². The van der Waals surface area contributed by atoms with Gasteiger partial charge in [0.15, 0.2) is 0 Å². The Kier molecular flexibility index (Phi) is 4.60. The Labute approximate surface area is 126 Å². The highest BCUT2D eigenvalue weighted by molar-refractivity contribution is 6.30. The maximum atomic E-state index is 13.3. The van der Waals surface area contributed by atoms with E-state index in [9.17, 15) is 9.18 Å². The lowest BCUT2D eigenvalue weighted by molar-refractivity contribution is -0.131. The maximum Gasteiger partial charge on any atom is 0.328 e. The van der Waals surface area contributed by atoms with Gasteiger partial charge in [0.1, 0.15) is 17.3 Å². The summed E-state index contributed by atoms with van der Waals surface area (Å²) in [6.45, 7) is 1.83. The van der Waals surface area contributed by atoms with Gasteiger partial charge in [-0.2, -0.15) is 0 Å². The van der Waals surface area contributed by atoms with E-state index in [0.717, 1.165) is 11.6 Å². The second-order valence-corrected chi connectivity index (χ2v) is 4.80. The molecule has 0 saturated heterocycles. The molecule has 3 nitrogen and oxygen atoms in total. The summed E-state index contributed by atoms with van der Waals surface area (Å²) in [6.07, 6.45) is 2.21. The SMILES string of the molecule is Cc1cc(Cl)ccc1Oc1ccc(F)cc1/C=C/C(=O)O. The minimum absolute atomic E-state index is 0.340. The smallest absolute Gasteiger partial charge is 0.328 e. The van der Waals surface area contributed by atoms with Crippen molar-refractivity contribution in [3.63, 3.8) is 0 Å². The largest absolute Gasteiger partial charge is 0.478 e. The number of halogens is 2. The molecule has 0 radical (unpaired) electrons. The van der Waals surface area contributed by atoms with Gasteiger partial charge in [0.25, 0.3) is 0 Å². The quantitative estimate of drug-likeness (QED) is 0.834. The molecule has 1 N–H and O–H groups in total. The molecule has 108 valence electrons. The fourth-order valence-electron chi connectivity index (χ4n) is 1.75. The molecule has 0 saturated carbocycles. The Bertz CT molecular complexity index is 711. The zero-order valence-electron chi connectivity index (χ0n) is 11.1. The number of carboxylic acids is 1. The van der Waals surface area contributed by atoms with Crippen molar-refractivity contribution in [1.82, 2.24) is 0 Å². The predicted molar refractivity (Wildman–Crippen MR) is 79.3 cm³/mol. The molecule has 0 bridgehead atoms. The average Bonchev–Trinajstić information content (AvgIpc) is 2.41. The fraction of sp³-hybridized carbons (Fsp3) is 0.0625. The molecule has 5 heteroatoms. The van der Waals surface area contributed by atoms with Crippen LogP contribution in [0.4, 0.5) is 4.39 Å². The molecule has 21 heavy (non-hydrogen) atoms. The number of hydrogen-bond donors (Lipinski definition) is 1. The van der Waals surface area contributed by atoms with Gasteiger partial charge >= 0.3 is 5.97 Å². The molecule has 2 rings (SSSR count). The summed E-state index contributed by atoms with van der Waals surface area (Å²) in [6, 6.07) is 9.03. The van der Waals surface area contributed by atoms with E-state index in [4.69, 9.17) is 21.4 Å². The Morgan fingerprint density at radius 2 is 1.95 bits per heavy atom. The van der Waals surface area contributed by atoms with Crippen LogP contribution in [-0.2, 0) is 4.79 Å². The van der Waals surface area contributed by atoms with Gasteiger partial charge in [-0.15, -0.1) is 0 Å². The molecule has 0 aromatic heterocycles. The molecule has 0 spiro atoms. The van der Waals surface area contributed by atoms with Gasteiger partial charge in [-0.1, -0.05) is 11.6 Å². The monoisotopic (exact) mass is 306 g/mol. The van der Waals surface area contributed by atoms with Crippen molar-refractivity contribution in [2.75, 3.05) is 0 Å². The predicted octanol–water partition coefficient (Wildman–Crippen LogP) is 4.68. The Balaban J connectivity index is 2.37. The average molecular weight is 307 g/mol. The van der Waals surface area contributed by atoms with Gasteiger partial charge in [-0.05, 0) is 55.0 Å². The zero-order chi connectivity index (χ0) is 15.4. The molecule has 0 heterocycles. The van der Waals surface area contributed by atoms with E-state index in [0.29, 0.717) is 22.1 Å². The highest BCUT2D eigenvalue weighted by atomic mass is 35.5. The van der Waals surface area contributed by atoms with E-state index < -0.39 is 11.8 Å². The molecule has 2 aromatic rings. The van der Waals surface area contributed by atoms with Crippen LogP contribution in [0, 0.1) is 12.7 Å². The third-order valence-corrected chi connectivity index (χ3v) is 2.97. The van der Waals surface area contributed by atoms with E-state index in [1.807, 2.05) is 6.92 Å². The lowest BCUT2D eigenvalue weighted by atomic mass is 10.1. The van der Waals surface area contributed by atoms with Crippen molar-refractivity contribution in [2.24, 2.45) is 0 Å². The third-order valence-electron chi connectivity index (χ3n) is 2.73. The first-order valence-electron chi connectivity index (χ1n) is 6.10. The van der Waals surface area contributed by atoms with E-state index >= 15 is 0 Å². The van der Waals surface area contributed by atoms with Crippen LogP contribution < -0.4 is 4.74 Å². The van der Waals surface area contributed by atoms with Crippen molar-refractivity contribution in [1.29, 1.82) is 0 Å². The first-order chi connectivity index (χ1) is 9.95. The molecule has 0 fully saturated rings. The summed E-state index contributed by atoms with van der Waals surface area (Å²) in [5, 5.41) is 9.25. The van der Waals surface area contributed by atoms with Gasteiger partial charge in [0, 0.05) is 16.7 Å². The van der Waals surface area contributed by atoms with Gasteiger partial charge in [0.05, 0.1) is 0 Å². The van der Waals surface area contributed by atoms with E-state index in [2.05, 4.69) is 0 Å². The lowest BCUT2D eigenvalue weighted by Crippen LogP contribution is -1.92. The van der Waals surface area contributed by atoms with Crippen LogP contribution in [0.25, 0.3) is 6.08 Å². The first kappa shape index (κ1) is 15.1. The second-order valence-electron chi connectivity index (χ2n) is 4.37. The summed E-state index contributed by atoms with van der Waals surface area (Å²) in [5.41, 5.74) is 1.16.